The average Bonchev–Trinajstić information content (AvgIpc) is 3.01. The predicted octanol–water partition coefficient (Wildman–Crippen LogP) is 0.751. The van der Waals surface area contributed by atoms with Gasteiger partial charge in [0.15, 0.2) is 0 Å². The van der Waals surface area contributed by atoms with Crippen LogP contribution in [0.15, 0.2) is 0 Å². The zero-order chi connectivity index (χ0) is 16.0. The van der Waals surface area contributed by atoms with Gasteiger partial charge < -0.3 is 5.73 Å². The van der Waals surface area contributed by atoms with Crippen molar-refractivity contribution < 1.29 is 14.4 Å². The van der Waals surface area contributed by atoms with E-state index >= 15 is 0 Å². The van der Waals surface area contributed by atoms with Gasteiger partial charge in [0.05, 0.1) is 5.69 Å². The molecule has 1 aromatic rings. The fourth-order valence-electron chi connectivity index (χ4n) is 3.90. The molecule has 7 heteroatoms. The van der Waals surface area contributed by atoms with Gasteiger partial charge in [0, 0.05) is 32.7 Å². The minimum absolute atomic E-state index is 0.124. The third-order valence-electron chi connectivity index (χ3n) is 4.84. The van der Waals surface area contributed by atoms with E-state index < -0.39 is 11.8 Å². The number of ketones is 1. The molecule has 1 heterocycles. The maximum atomic E-state index is 12.2. The van der Waals surface area contributed by atoms with E-state index in [1.807, 2.05) is 0 Å². The Balaban J connectivity index is 1.89. The first-order valence-corrected chi connectivity index (χ1v) is 7.52. The standard InChI is InChI=1S/C15H20N4O3/c1-7(20)17-15(22)12-13(18-19(2)14(12)16)10-3-8-5-11(21)6-9(8)4-10/h8-10H,3-6,16H2,1-2H3,(H,17,20,22). The van der Waals surface area contributed by atoms with Crippen LogP contribution in [-0.4, -0.2) is 27.4 Å². The maximum Gasteiger partial charge on any atom is 0.263 e. The van der Waals surface area contributed by atoms with E-state index in [-0.39, 0.29) is 11.7 Å². The number of hydrogen-bond donors (Lipinski definition) is 2. The number of nitrogens with zero attached hydrogens (tertiary/aromatic N) is 2. The van der Waals surface area contributed by atoms with Crippen molar-refractivity contribution in [2.24, 2.45) is 18.9 Å². The fraction of sp³-hybridized carbons (Fsp3) is 0.600. The third-order valence-corrected chi connectivity index (χ3v) is 4.84. The number of imide groups is 1. The Labute approximate surface area is 128 Å². The van der Waals surface area contributed by atoms with Crippen LogP contribution in [0.3, 0.4) is 0 Å². The molecular formula is C15H20N4O3. The zero-order valence-electron chi connectivity index (χ0n) is 12.8. The number of amides is 2. The Morgan fingerprint density at radius 1 is 1.27 bits per heavy atom. The highest BCUT2D eigenvalue weighted by molar-refractivity contribution is 6.07. The van der Waals surface area contributed by atoms with Crippen LogP contribution in [0.25, 0.3) is 0 Å². The van der Waals surface area contributed by atoms with Crippen molar-refractivity contribution in [1.29, 1.82) is 0 Å². The molecule has 7 nitrogen and oxygen atoms in total. The van der Waals surface area contributed by atoms with E-state index in [0.717, 1.165) is 12.8 Å². The van der Waals surface area contributed by atoms with E-state index in [4.69, 9.17) is 5.73 Å². The highest BCUT2D eigenvalue weighted by Crippen LogP contribution is 2.49. The van der Waals surface area contributed by atoms with Gasteiger partial charge in [0.1, 0.15) is 17.2 Å². The Morgan fingerprint density at radius 3 is 2.41 bits per heavy atom. The summed E-state index contributed by atoms with van der Waals surface area (Å²) in [4.78, 5) is 34.9. The number of Topliss-reactive ketones (excluding diaryl/α,β-unsaturated/α-hetero) is 1. The van der Waals surface area contributed by atoms with Crippen molar-refractivity contribution in [3.05, 3.63) is 11.3 Å². The van der Waals surface area contributed by atoms with Crippen molar-refractivity contribution in [2.75, 3.05) is 5.73 Å². The second-order valence-electron chi connectivity index (χ2n) is 6.41. The molecule has 2 aliphatic carbocycles. The molecular weight excluding hydrogens is 284 g/mol. The molecule has 0 aromatic carbocycles. The van der Waals surface area contributed by atoms with Gasteiger partial charge in [-0.25, -0.2) is 0 Å². The average molecular weight is 304 g/mol. The number of nitrogen functional groups attached to an aromatic ring is 1. The zero-order valence-corrected chi connectivity index (χ0v) is 12.8. The van der Waals surface area contributed by atoms with Gasteiger partial charge in [0.2, 0.25) is 5.91 Å². The van der Waals surface area contributed by atoms with Crippen LogP contribution >= 0.6 is 0 Å². The molecule has 0 radical (unpaired) electrons. The first-order valence-electron chi connectivity index (χ1n) is 7.52. The molecule has 0 spiro atoms. The Morgan fingerprint density at radius 2 is 1.86 bits per heavy atom. The van der Waals surface area contributed by atoms with Crippen LogP contribution in [0.1, 0.15) is 54.6 Å². The summed E-state index contributed by atoms with van der Waals surface area (Å²) in [5.74, 6) is 0.591. The maximum absolute atomic E-state index is 12.2. The van der Waals surface area contributed by atoms with Gasteiger partial charge in [-0.05, 0) is 24.7 Å². The molecule has 0 bridgehead atoms. The number of rotatable bonds is 2. The molecule has 0 saturated heterocycles. The SMILES string of the molecule is CC(=O)NC(=O)c1c(C2CC3CC(=O)CC3C2)nn(C)c1N. The number of aryl methyl sites for hydroxylation is 1. The lowest BCUT2D eigenvalue weighted by molar-refractivity contribution is -0.118. The summed E-state index contributed by atoms with van der Waals surface area (Å²) in [6.07, 6.45) is 2.98. The second-order valence-corrected chi connectivity index (χ2v) is 6.41. The normalized spacial score (nSPS) is 27.0. The monoisotopic (exact) mass is 304 g/mol. The highest BCUT2D eigenvalue weighted by Gasteiger charge is 2.43. The summed E-state index contributed by atoms with van der Waals surface area (Å²) in [5, 5.41) is 6.67. The minimum atomic E-state index is -0.499. The third kappa shape index (κ3) is 2.40. The number of nitrogens with two attached hydrogens (primary N) is 1. The summed E-state index contributed by atoms with van der Waals surface area (Å²) in [6.45, 7) is 1.29. The lowest BCUT2D eigenvalue weighted by atomic mass is 9.96. The fourth-order valence-corrected chi connectivity index (χ4v) is 3.90. The van der Waals surface area contributed by atoms with E-state index in [2.05, 4.69) is 10.4 Å². The number of carbonyl (C=O) groups is 3. The first kappa shape index (κ1) is 14.7. The van der Waals surface area contributed by atoms with E-state index in [1.54, 1.807) is 7.05 Å². The lowest BCUT2D eigenvalue weighted by Gasteiger charge is -2.10. The molecule has 2 unspecified atom stereocenters. The van der Waals surface area contributed by atoms with Gasteiger partial charge in [-0.15, -0.1) is 0 Å². The van der Waals surface area contributed by atoms with Gasteiger partial charge >= 0.3 is 0 Å². The van der Waals surface area contributed by atoms with Crippen LogP contribution in [-0.2, 0) is 16.6 Å². The molecule has 2 fully saturated rings. The molecule has 3 N–H and O–H groups in total. The van der Waals surface area contributed by atoms with Crippen LogP contribution in [0.4, 0.5) is 5.82 Å². The summed E-state index contributed by atoms with van der Waals surface area (Å²) in [6, 6.07) is 0. The summed E-state index contributed by atoms with van der Waals surface area (Å²) < 4.78 is 1.48. The number of nitrogens with one attached hydrogen (secondary N) is 1. The summed E-state index contributed by atoms with van der Waals surface area (Å²) in [5.41, 5.74) is 6.91. The molecule has 22 heavy (non-hydrogen) atoms. The number of fused-ring (bicyclic) bond motifs is 1. The van der Waals surface area contributed by atoms with Crippen molar-refractivity contribution in [3.63, 3.8) is 0 Å². The van der Waals surface area contributed by atoms with Gasteiger partial charge in [-0.2, -0.15) is 5.10 Å². The molecule has 118 valence electrons. The largest absolute Gasteiger partial charge is 0.383 e. The van der Waals surface area contributed by atoms with E-state index in [0.29, 0.717) is 41.7 Å². The molecule has 1 aromatic heterocycles. The first-order chi connectivity index (χ1) is 10.4. The van der Waals surface area contributed by atoms with Gasteiger partial charge in [0.25, 0.3) is 5.91 Å². The minimum Gasteiger partial charge on any atom is -0.383 e. The summed E-state index contributed by atoms with van der Waals surface area (Å²) >= 11 is 0. The van der Waals surface area contributed by atoms with Crippen LogP contribution < -0.4 is 11.1 Å². The van der Waals surface area contributed by atoms with E-state index in [9.17, 15) is 14.4 Å². The van der Waals surface area contributed by atoms with Crippen molar-refractivity contribution in [3.8, 4) is 0 Å². The van der Waals surface area contributed by atoms with Crippen molar-refractivity contribution in [2.45, 2.75) is 38.5 Å². The Hall–Kier alpha value is -2.18. The quantitative estimate of drug-likeness (QED) is 0.838. The predicted molar refractivity (Wildman–Crippen MR) is 79.0 cm³/mol. The molecule has 3 rings (SSSR count). The second kappa shape index (κ2) is 5.23. The number of hydrogen-bond acceptors (Lipinski definition) is 5. The van der Waals surface area contributed by atoms with Crippen LogP contribution in [0, 0.1) is 11.8 Å². The van der Waals surface area contributed by atoms with Crippen molar-refractivity contribution in [1.82, 2.24) is 15.1 Å². The summed E-state index contributed by atoms with van der Waals surface area (Å²) in [7, 11) is 1.68. The van der Waals surface area contributed by atoms with Crippen LogP contribution in [0.5, 0.6) is 0 Å². The Kier molecular flexibility index (Phi) is 3.50. The number of carbonyl (C=O) groups excluding carboxylic acids is 3. The van der Waals surface area contributed by atoms with Gasteiger partial charge in [-0.1, -0.05) is 0 Å². The smallest absolute Gasteiger partial charge is 0.263 e. The topological polar surface area (TPSA) is 107 Å². The molecule has 2 amide bonds. The van der Waals surface area contributed by atoms with Crippen molar-refractivity contribution >= 4 is 23.4 Å². The molecule has 2 saturated carbocycles. The number of aromatic nitrogens is 2. The van der Waals surface area contributed by atoms with E-state index in [1.165, 1.54) is 11.6 Å². The lowest BCUT2D eigenvalue weighted by Crippen LogP contribution is -2.29. The van der Waals surface area contributed by atoms with Gasteiger partial charge in [-0.3, -0.25) is 24.4 Å². The molecule has 0 aliphatic heterocycles. The Bertz CT molecular complexity index is 648. The van der Waals surface area contributed by atoms with Crippen LogP contribution in [0.2, 0.25) is 0 Å². The highest BCUT2D eigenvalue weighted by atomic mass is 16.2. The molecule has 2 atom stereocenters. The molecule has 2 aliphatic rings. The number of anilines is 1.